The molecule has 1 aliphatic heterocycles. The Balaban J connectivity index is 2.56. The molecule has 5 heteroatoms. The lowest BCUT2D eigenvalue weighted by Gasteiger charge is -2.18. The van der Waals surface area contributed by atoms with Crippen LogP contribution in [0.2, 0.25) is 0 Å². The highest BCUT2D eigenvalue weighted by Gasteiger charge is 2.39. The molecule has 1 heterocycles. The zero-order valence-corrected chi connectivity index (χ0v) is 12.9. The number of fused-ring (bicyclic) bond motifs is 1. The van der Waals surface area contributed by atoms with Crippen molar-refractivity contribution in [2.24, 2.45) is 0 Å². The zero-order chi connectivity index (χ0) is 14.2. The Labute approximate surface area is 121 Å². The summed E-state index contributed by atoms with van der Waals surface area (Å²) in [4.78, 5) is 25.6. The van der Waals surface area contributed by atoms with Gasteiger partial charge in [0.15, 0.2) is 0 Å². The second-order valence-corrected chi connectivity index (χ2v) is 5.57. The molecule has 1 N–H and O–H groups in total. The van der Waals surface area contributed by atoms with Gasteiger partial charge in [0.2, 0.25) is 5.91 Å². The monoisotopic (exact) mass is 324 g/mol. The van der Waals surface area contributed by atoms with Crippen molar-refractivity contribution in [2.75, 3.05) is 16.8 Å². The Morgan fingerprint density at radius 1 is 1.37 bits per heavy atom. The van der Waals surface area contributed by atoms with Crippen LogP contribution in [-0.2, 0) is 9.59 Å². The summed E-state index contributed by atoms with van der Waals surface area (Å²) in [5.41, 5.74) is 3.97. The number of amides is 2. The average molecular weight is 325 g/mol. The fourth-order valence-corrected chi connectivity index (χ4v) is 2.93. The first-order chi connectivity index (χ1) is 8.97. The molecule has 0 aliphatic carbocycles. The van der Waals surface area contributed by atoms with Gasteiger partial charge in [-0.05, 0) is 25.0 Å². The molecule has 2 rings (SSSR count). The smallest absolute Gasteiger partial charge is 0.254 e. The van der Waals surface area contributed by atoms with Crippen molar-refractivity contribution in [2.45, 2.75) is 26.8 Å². The molecule has 1 aromatic rings. The van der Waals surface area contributed by atoms with Gasteiger partial charge in [0.1, 0.15) is 6.04 Å². The summed E-state index contributed by atoms with van der Waals surface area (Å²) < 4.78 is 0. The first-order valence-electron chi connectivity index (χ1n) is 6.22. The third kappa shape index (κ3) is 2.39. The Bertz CT molecular complexity index is 542. The van der Waals surface area contributed by atoms with Gasteiger partial charge in [0.05, 0.1) is 5.69 Å². The fraction of sp³-hybridized carbons (Fsp3) is 0.429. The lowest BCUT2D eigenvalue weighted by atomic mass is 9.99. The molecule has 0 aromatic heterocycles. The third-order valence-corrected chi connectivity index (χ3v) is 3.72. The predicted molar refractivity (Wildman–Crippen MR) is 78.6 cm³/mol. The molecule has 1 aliphatic rings. The van der Waals surface area contributed by atoms with Gasteiger partial charge < -0.3 is 10.2 Å². The maximum absolute atomic E-state index is 12.5. The van der Waals surface area contributed by atoms with Crippen LogP contribution in [0.25, 0.3) is 0 Å². The van der Waals surface area contributed by atoms with E-state index in [0.717, 1.165) is 22.4 Å². The minimum absolute atomic E-state index is 0.0537. The minimum atomic E-state index is -0.550. The van der Waals surface area contributed by atoms with Crippen LogP contribution in [0, 0.1) is 13.8 Å². The van der Waals surface area contributed by atoms with Crippen molar-refractivity contribution >= 4 is 33.4 Å². The highest BCUT2D eigenvalue weighted by Crippen LogP contribution is 2.40. The summed E-state index contributed by atoms with van der Waals surface area (Å²) in [6.45, 7) is 6.00. The van der Waals surface area contributed by atoms with E-state index in [9.17, 15) is 9.59 Å². The number of anilines is 1. The van der Waals surface area contributed by atoms with E-state index in [0.29, 0.717) is 11.9 Å². The van der Waals surface area contributed by atoms with E-state index >= 15 is 0 Å². The molecule has 1 atom stereocenters. The van der Waals surface area contributed by atoms with Gasteiger partial charge in [-0.25, -0.2) is 0 Å². The largest absolute Gasteiger partial charge is 0.341 e. The molecule has 0 saturated carbocycles. The van der Waals surface area contributed by atoms with Crippen molar-refractivity contribution in [3.05, 3.63) is 28.8 Å². The molecule has 2 amide bonds. The predicted octanol–water partition coefficient (Wildman–Crippen LogP) is 2.22. The van der Waals surface area contributed by atoms with Crippen molar-refractivity contribution in [3.8, 4) is 0 Å². The van der Waals surface area contributed by atoms with Gasteiger partial charge >= 0.3 is 0 Å². The van der Waals surface area contributed by atoms with Gasteiger partial charge in [-0.1, -0.05) is 28.1 Å². The molecule has 1 aromatic carbocycles. The van der Waals surface area contributed by atoms with Crippen LogP contribution in [-0.4, -0.2) is 23.7 Å². The van der Waals surface area contributed by atoms with Gasteiger partial charge in [-0.3, -0.25) is 9.59 Å². The summed E-state index contributed by atoms with van der Waals surface area (Å²) in [5, 5.41) is 3.47. The third-order valence-electron chi connectivity index (χ3n) is 3.36. The van der Waals surface area contributed by atoms with E-state index in [-0.39, 0.29) is 11.8 Å². The number of nitrogens with one attached hydrogen (secondary N) is 1. The van der Waals surface area contributed by atoms with Crippen molar-refractivity contribution < 1.29 is 9.59 Å². The van der Waals surface area contributed by atoms with Crippen LogP contribution in [0.5, 0.6) is 0 Å². The van der Waals surface area contributed by atoms with Crippen LogP contribution < -0.4 is 10.2 Å². The van der Waals surface area contributed by atoms with Crippen molar-refractivity contribution in [1.82, 2.24) is 5.32 Å². The molecule has 0 saturated heterocycles. The van der Waals surface area contributed by atoms with Crippen LogP contribution in [0.15, 0.2) is 12.1 Å². The van der Waals surface area contributed by atoms with E-state index in [1.807, 2.05) is 26.0 Å². The zero-order valence-electron chi connectivity index (χ0n) is 11.3. The van der Waals surface area contributed by atoms with Crippen LogP contribution in [0.1, 0.15) is 29.7 Å². The summed E-state index contributed by atoms with van der Waals surface area (Å²) in [6, 6.07) is 3.46. The number of carbonyl (C=O) groups is 2. The van der Waals surface area contributed by atoms with Crippen LogP contribution in [0.3, 0.4) is 0 Å². The Morgan fingerprint density at radius 2 is 2.00 bits per heavy atom. The van der Waals surface area contributed by atoms with Crippen LogP contribution in [0.4, 0.5) is 5.69 Å². The van der Waals surface area contributed by atoms with Crippen LogP contribution >= 0.6 is 15.9 Å². The SMILES string of the molecule is CC(=O)N[C@H]1C(=O)N(CCBr)c2c(C)ccc(C)c21. The number of rotatable bonds is 3. The molecule has 0 bridgehead atoms. The molecule has 19 heavy (non-hydrogen) atoms. The number of nitrogens with zero attached hydrogens (tertiary/aromatic N) is 1. The first kappa shape index (κ1) is 14.1. The van der Waals surface area contributed by atoms with Crippen molar-refractivity contribution in [3.63, 3.8) is 0 Å². The van der Waals surface area contributed by atoms with Gasteiger partial charge in [-0.15, -0.1) is 0 Å². The summed E-state index contributed by atoms with van der Waals surface area (Å²) in [7, 11) is 0. The lowest BCUT2D eigenvalue weighted by molar-refractivity contribution is -0.126. The maximum Gasteiger partial charge on any atom is 0.254 e. The molecular formula is C14H17BrN2O2. The topological polar surface area (TPSA) is 49.4 Å². The average Bonchev–Trinajstić information content (AvgIpc) is 2.60. The number of hydrogen-bond acceptors (Lipinski definition) is 2. The molecule has 0 unspecified atom stereocenters. The van der Waals surface area contributed by atoms with Gasteiger partial charge in [0, 0.05) is 24.4 Å². The summed E-state index contributed by atoms with van der Waals surface area (Å²) in [6.07, 6.45) is 0. The van der Waals surface area contributed by atoms with E-state index in [1.54, 1.807) is 4.90 Å². The van der Waals surface area contributed by atoms with E-state index in [2.05, 4.69) is 21.2 Å². The molecular weight excluding hydrogens is 308 g/mol. The molecule has 4 nitrogen and oxygen atoms in total. The highest BCUT2D eigenvalue weighted by atomic mass is 79.9. The number of carbonyl (C=O) groups excluding carboxylic acids is 2. The van der Waals surface area contributed by atoms with E-state index in [4.69, 9.17) is 0 Å². The number of alkyl halides is 1. The quantitative estimate of drug-likeness (QED) is 0.867. The molecule has 0 fully saturated rings. The number of halogens is 1. The normalized spacial score (nSPS) is 17.6. The summed E-state index contributed by atoms with van der Waals surface area (Å²) in [5.74, 6) is -0.243. The minimum Gasteiger partial charge on any atom is -0.341 e. The molecule has 102 valence electrons. The maximum atomic E-state index is 12.5. The second-order valence-electron chi connectivity index (χ2n) is 4.77. The highest BCUT2D eigenvalue weighted by molar-refractivity contribution is 9.09. The number of hydrogen-bond donors (Lipinski definition) is 1. The Kier molecular flexibility index (Phi) is 3.94. The number of aryl methyl sites for hydroxylation is 2. The Hall–Kier alpha value is -1.36. The number of benzene rings is 1. The van der Waals surface area contributed by atoms with Gasteiger partial charge in [0.25, 0.3) is 5.91 Å². The Morgan fingerprint density at radius 3 is 2.58 bits per heavy atom. The molecule has 0 spiro atoms. The lowest BCUT2D eigenvalue weighted by Crippen LogP contribution is -2.37. The van der Waals surface area contributed by atoms with Crippen molar-refractivity contribution in [1.29, 1.82) is 0 Å². The second kappa shape index (κ2) is 5.33. The van der Waals surface area contributed by atoms with E-state index < -0.39 is 6.04 Å². The van der Waals surface area contributed by atoms with Gasteiger partial charge in [-0.2, -0.15) is 0 Å². The fourth-order valence-electron chi connectivity index (χ4n) is 2.57. The summed E-state index contributed by atoms with van der Waals surface area (Å²) >= 11 is 3.37. The standard InChI is InChI=1S/C14H17BrN2O2/c1-8-4-5-9(2)13-11(8)12(16-10(3)18)14(19)17(13)7-6-15/h4-5,12H,6-7H2,1-3H3,(H,16,18)/t12-/m1/s1. The van der Waals surface area contributed by atoms with E-state index in [1.165, 1.54) is 6.92 Å². The molecule has 0 radical (unpaired) electrons. The first-order valence-corrected chi connectivity index (χ1v) is 7.34.